The van der Waals surface area contributed by atoms with Gasteiger partial charge in [0.05, 0.1) is 16.0 Å². The molecule has 1 aliphatic heterocycles. The first kappa shape index (κ1) is 23.3. The van der Waals surface area contributed by atoms with Crippen LogP contribution >= 0.6 is 0 Å². The Morgan fingerprint density at radius 2 is 1.56 bits per heavy atom. The normalized spacial score (nSPS) is 13.2. The number of carbonyl (C=O) groups is 3. The van der Waals surface area contributed by atoms with Gasteiger partial charge in [-0.25, -0.2) is 8.42 Å². The highest BCUT2D eigenvalue weighted by Crippen LogP contribution is 2.23. The van der Waals surface area contributed by atoms with Crippen molar-refractivity contribution in [2.75, 3.05) is 5.32 Å². The topological polar surface area (TPSA) is 113 Å². The van der Waals surface area contributed by atoms with E-state index in [9.17, 15) is 22.8 Å². The molecule has 34 heavy (non-hydrogen) atoms. The van der Waals surface area contributed by atoms with E-state index in [1.54, 1.807) is 0 Å². The SMILES string of the molecule is CC(C)N(Cc1ccccc1)S(=O)(=O)c1ccc(C(=O)Nc2ccc3c(c2)C(=O)NC3=O)cc1. The molecular weight excluding hydrogens is 454 g/mol. The van der Waals surface area contributed by atoms with Crippen LogP contribution in [0.3, 0.4) is 0 Å². The number of rotatable bonds is 7. The van der Waals surface area contributed by atoms with Crippen molar-refractivity contribution in [3.05, 3.63) is 95.1 Å². The van der Waals surface area contributed by atoms with Crippen LogP contribution in [-0.4, -0.2) is 36.5 Å². The summed E-state index contributed by atoms with van der Waals surface area (Å²) in [6.07, 6.45) is 0. The Balaban J connectivity index is 1.52. The highest BCUT2D eigenvalue weighted by Gasteiger charge is 2.28. The van der Waals surface area contributed by atoms with Gasteiger partial charge in [0.1, 0.15) is 0 Å². The molecule has 9 heteroatoms. The second kappa shape index (κ2) is 9.20. The number of nitrogens with one attached hydrogen (secondary N) is 2. The molecule has 3 aromatic carbocycles. The molecule has 1 heterocycles. The summed E-state index contributed by atoms with van der Waals surface area (Å²) in [7, 11) is -3.79. The molecule has 8 nitrogen and oxygen atoms in total. The van der Waals surface area contributed by atoms with Crippen LogP contribution in [0.25, 0.3) is 0 Å². The summed E-state index contributed by atoms with van der Waals surface area (Å²) < 4.78 is 28.0. The summed E-state index contributed by atoms with van der Waals surface area (Å²) in [5, 5.41) is 4.86. The zero-order valence-corrected chi connectivity index (χ0v) is 19.4. The van der Waals surface area contributed by atoms with E-state index in [-0.39, 0.29) is 34.2 Å². The van der Waals surface area contributed by atoms with Crippen LogP contribution in [0.5, 0.6) is 0 Å². The van der Waals surface area contributed by atoms with Crippen molar-refractivity contribution in [2.45, 2.75) is 31.3 Å². The molecule has 0 aliphatic carbocycles. The van der Waals surface area contributed by atoms with Crippen molar-refractivity contribution in [1.82, 2.24) is 9.62 Å². The number of carbonyl (C=O) groups excluding carboxylic acids is 3. The van der Waals surface area contributed by atoms with Crippen LogP contribution in [0.15, 0.2) is 77.7 Å². The van der Waals surface area contributed by atoms with Crippen LogP contribution < -0.4 is 10.6 Å². The van der Waals surface area contributed by atoms with Gasteiger partial charge < -0.3 is 5.32 Å². The van der Waals surface area contributed by atoms with E-state index in [0.29, 0.717) is 5.69 Å². The van der Waals surface area contributed by atoms with Crippen LogP contribution in [0.4, 0.5) is 5.69 Å². The zero-order chi connectivity index (χ0) is 24.5. The van der Waals surface area contributed by atoms with E-state index < -0.39 is 27.7 Å². The summed E-state index contributed by atoms with van der Waals surface area (Å²) in [6, 6.07) is 19.2. The maximum absolute atomic E-state index is 13.3. The molecule has 1 aliphatic rings. The number of nitrogens with zero attached hydrogens (tertiary/aromatic N) is 1. The lowest BCUT2D eigenvalue weighted by molar-refractivity contribution is 0.0878. The van der Waals surface area contributed by atoms with E-state index >= 15 is 0 Å². The predicted molar refractivity (Wildman–Crippen MR) is 127 cm³/mol. The van der Waals surface area contributed by atoms with Gasteiger partial charge >= 0.3 is 0 Å². The Morgan fingerprint density at radius 3 is 2.21 bits per heavy atom. The van der Waals surface area contributed by atoms with Crippen molar-refractivity contribution in [3.8, 4) is 0 Å². The number of hydrogen-bond acceptors (Lipinski definition) is 5. The maximum Gasteiger partial charge on any atom is 0.259 e. The molecule has 0 aromatic heterocycles. The standard InChI is InChI=1S/C25H23N3O5S/c1-16(2)28(15-17-6-4-3-5-7-17)34(32,33)20-11-8-18(9-12-20)23(29)26-19-10-13-21-22(14-19)25(31)27-24(21)30/h3-14,16H,15H2,1-2H3,(H,26,29)(H,27,30,31). The van der Waals surface area contributed by atoms with Gasteiger partial charge in [0.15, 0.2) is 0 Å². The number of amides is 3. The third kappa shape index (κ3) is 4.61. The highest BCUT2D eigenvalue weighted by atomic mass is 32.2. The summed E-state index contributed by atoms with van der Waals surface area (Å²) in [5.41, 5.74) is 1.91. The van der Waals surface area contributed by atoms with Gasteiger partial charge in [0, 0.05) is 23.8 Å². The van der Waals surface area contributed by atoms with E-state index in [4.69, 9.17) is 0 Å². The Morgan fingerprint density at radius 1 is 0.912 bits per heavy atom. The molecule has 0 saturated heterocycles. The number of sulfonamides is 1. The van der Waals surface area contributed by atoms with Crippen LogP contribution in [0.1, 0.15) is 50.5 Å². The molecule has 4 rings (SSSR count). The third-order valence-electron chi connectivity index (χ3n) is 5.47. The monoisotopic (exact) mass is 477 g/mol. The minimum Gasteiger partial charge on any atom is -0.322 e. The van der Waals surface area contributed by atoms with E-state index in [1.807, 2.05) is 44.2 Å². The smallest absolute Gasteiger partial charge is 0.259 e. The van der Waals surface area contributed by atoms with E-state index in [1.165, 1.54) is 46.8 Å². The number of benzene rings is 3. The molecule has 0 saturated carbocycles. The molecule has 3 aromatic rings. The zero-order valence-electron chi connectivity index (χ0n) is 18.6. The fourth-order valence-electron chi connectivity index (χ4n) is 3.67. The molecule has 0 radical (unpaired) electrons. The Bertz CT molecular complexity index is 1370. The van der Waals surface area contributed by atoms with Crippen molar-refractivity contribution in [3.63, 3.8) is 0 Å². The maximum atomic E-state index is 13.3. The molecule has 0 bridgehead atoms. The van der Waals surface area contributed by atoms with Gasteiger partial charge in [-0.05, 0) is 61.9 Å². The largest absolute Gasteiger partial charge is 0.322 e. The average Bonchev–Trinajstić information content (AvgIpc) is 3.10. The van der Waals surface area contributed by atoms with Crippen LogP contribution in [0.2, 0.25) is 0 Å². The molecule has 0 spiro atoms. The Kier molecular flexibility index (Phi) is 6.32. The van der Waals surface area contributed by atoms with Gasteiger partial charge in [-0.1, -0.05) is 30.3 Å². The minimum absolute atomic E-state index is 0.0846. The van der Waals surface area contributed by atoms with Crippen molar-refractivity contribution < 1.29 is 22.8 Å². The predicted octanol–water partition coefficient (Wildman–Crippen LogP) is 3.42. The lowest BCUT2D eigenvalue weighted by Crippen LogP contribution is -2.36. The average molecular weight is 478 g/mol. The summed E-state index contributed by atoms with van der Waals surface area (Å²) in [6.45, 7) is 3.86. The summed E-state index contributed by atoms with van der Waals surface area (Å²) >= 11 is 0. The molecule has 174 valence electrons. The van der Waals surface area contributed by atoms with Gasteiger partial charge in [-0.2, -0.15) is 4.31 Å². The highest BCUT2D eigenvalue weighted by molar-refractivity contribution is 7.89. The second-order valence-electron chi connectivity index (χ2n) is 8.15. The number of anilines is 1. The van der Waals surface area contributed by atoms with E-state index in [2.05, 4.69) is 10.6 Å². The van der Waals surface area contributed by atoms with Crippen molar-refractivity contribution >= 4 is 33.4 Å². The molecule has 3 amide bonds. The first-order valence-electron chi connectivity index (χ1n) is 10.6. The molecular formula is C25H23N3O5S. The van der Waals surface area contributed by atoms with Gasteiger partial charge in [-0.15, -0.1) is 0 Å². The quantitative estimate of drug-likeness (QED) is 0.507. The molecule has 0 unspecified atom stereocenters. The number of fused-ring (bicyclic) bond motifs is 1. The fourth-order valence-corrected chi connectivity index (χ4v) is 5.30. The van der Waals surface area contributed by atoms with Gasteiger partial charge in [0.2, 0.25) is 10.0 Å². The lowest BCUT2D eigenvalue weighted by Gasteiger charge is -2.26. The minimum atomic E-state index is -3.79. The van der Waals surface area contributed by atoms with Crippen molar-refractivity contribution in [1.29, 1.82) is 0 Å². The first-order chi connectivity index (χ1) is 16.2. The first-order valence-corrected chi connectivity index (χ1v) is 12.1. The van der Waals surface area contributed by atoms with Crippen molar-refractivity contribution in [2.24, 2.45) is 0 Å². The summed E-state index contributed by atoms with van der Waals surface area (Å²) in [5.74, 6) is -1.47. The Labute approximate surface area is 197 Å². The third-order valence-corrected chi connectivity index (χ3v) is 7.51. The van der Waals surface area contributed by atoms with Gasteiger partial charge in [0.25, 0.3) is 17.7 Å². The van der Waals surface area contributed by atoms with E-state index in [0.717, 1.165) is 5.56 Å². The Hall–Kier alpha value is -3.82. The van der Waals surface area contributed by atoms with Gasteiger partial charge in [-0.3, -0.25) is 19.7 Å². The summed E-state index contributed by atoms with van der Waals surface area (Å²) in [4.78, 5) is 36.2. The fraction of sp³-hybridized carbons (Fsp3) is 0.160. The second-order valence-corrected chi connectivity index (χ2v) is 10.0. The molecule has 0 fully saturated rings. The number of imide groups is 1. The molecule has 0 atom stereocenters. The van der Waals surface area contributed by atoms with Crippen LogP contribution in [-0.2, 0) is 16.6 Å². The van der Waals surface area contributed by atoms with Crippen LogP contribution in [0, 0.1) is 0 Å². The number of hydrogen-bond donors (Lipinski definition) is 2. The lowest BCUT2D eigenvalue weighted by atomic mass is 10.1. The molecule has 2 N–H and O–H groups in total.